The van der Waals surface area contributed by atoms with Crippen LogP contribution >= 0.6 is 15.9 Å². The zero-order chi connectivity index (χ0) is 14.1. The number of rotatable bonds is 4. The summed E-state index contributed by atoms with van der Waals surface area (Å²) < 4.78 is 28.0. The van der Waals surface area contributed by atoms with Gasteiger partial charge >= 0.3 is 0 Å². The Morgan fingerprint density at radius 2 is 1.94 bits per heavy atom. The Balaban J connectivity index is 3.26. The van der Waals surface area contributed by atoms with Crippen molar-refractivity contribution in [3.63, 3.8) is 0 Å². The SMILES string of the molecule is CCC(C)(C)NS(=O)(=O)c1cc(N)c(Br)cc1C. The first-order valence-electron chi connectivity index (χ1n) is 5.68. The van der Waals surface area contributed by atoms with Gasteiger partial charge in [0.05, 0.1) is 4.90 Å². The predicted octanol–water partition coefficient (Wildman–Crippen LogP) is 2.81. The van der Waals surface area contributed by atoms with Gasteiger partial charge in [0.2, 0.25) is 10.0 Å². The lowest BCUT2D eigenvalue weighted by Gasteiger charge is -2.24. The van der Waals surface area contributed by atoms with Crippen molar-refractivity contribution in [3.05, 3.63) is 22.2 Å². The van der Waals surface area contributed by atoms with Crippen LogP contribution in [0.4, 0.5) is 5.69 Å². The highest BCUT2D eigenvalue weighted by atomic mass is 79.9. The molecule has 0 aliphatic heterocycles. The van der Waals surface area contributed by atoms with E-state index < -0.39 is 15.6 Å². The Bertz CT molecular complexity index is 553. The van der Waals surface area contributed by atoms with Crippen LogP contribution in [0.1, 0.15) is 32.8 Å². The molecule has 1 aromatic rings. The fourth-order valence-corrected chi connectivity index (χ4v) is 3.65. The molecule has 0 spiro atoms. The van der Waals surface area contributed by atoms with E-state index in [1.54, 1.807) is 13.0 Å². The van der Waals surface area contributed by atoms with Crippen LogP contribution in [0.5, 0.6) is 0 Å². The van der Waals surface area contributed by atoms with Crippen LogP contribution in [-0.4, -0.2) is 14.0 Å². The minimum absolute atomic E-state index is 0.227. The minimum atomic E-state index is -3.55. The number of anilines is 1. The molecule has 0 saturated carbocycles. The monoisotopic (exact) mass is 334 g/mol. The predicted molar refractivity (Wildman–Crippen MR) is 78.0 cm³/mol. The number of benzene rings is 1. The molecule has 0 aliphatic rings. The number of aryl methyl sites for hydroxylation is 1. The molecular formula is C12H19BrN2O2S. The molecule has 0 radical (unpaired) electrons. The number of nitrogens with two attached hydrogens (primary N) is 1. The smallest absolute Gasteiger partial charge is 0.241 e. The van der Waals surface area contributed by atoms with Gasteiger partial charge in [0.1, 0.15) is 0 Å². The molecule has 3 N–H and O–H groups in total. The maximum absolute atomic E-state index is 12.3. The van der Waals surface area contributed by atoms with Gasteiger partial charge in [-0.1, -0.05) is 6.92 Å². The van der Waals surface area contributed by atoms with E-state index in [4.69, 9.17) is 5.73 Å². The summed E-state index contributed by atoms with van der Waals surface area (Å²) >= 11 is 3.28. The second kappa shape index (κ2) is 5.19. The summed E-state index contributed by atoms with van der Waals surface area (Å²) in [4.78, 5) is 0.227. The summed E-state index contributed by atoms with van der Waals surface area (Å²) in [6.07, 6.45) is 0.706. The van der Waals surface area contributed by atoms with Crippen molar-refractivity contribution in [2.24, 2.45) is 0 Å². The van der Waals surface area contributed by atoms with Gasteiger partial charge in [-0.3, -0.25) is 0 Å². The minimum Gasteiger partial charge on any atom is -0.398 e. The molecule has 102 valence electrons. The Kier molecular flexibility index (Phi) is 4.46. The van der Waals surface area contributed by atoms with Gasteiger partial charge in [-0.05, 0) is 60.8 Å². The van der Waals surface area contributed by atoms with Crippen LogP contribution in [-0.2, 0) is 10.0 Å². The Labute approximate surface area is 117 Å². The Hall–Kier alpha value is -0.590. The quantitative estimate of drug-likeness (QED) is 0.831. The molecule has 0 bridgehead atoms. The molecule has 0 aliphatic carbocycles. The van der Waals surface area contributed by atoms with E-state index in [9.17, 15) is 8.42 Å². The lowest BCUT2D eigenvalue weighted by molar-refractivity contribution is 0.439. The Morgan fingerprint density at radius 1 is 1.39 bits per heavy atom. The van der Waals surface area contributed by atoms with Gasteiger partial charge in [0.15, 0.2) is 0 Å². The summed E-state index contributed by atoms with van der Waals surface area (Å²) in [6.45, 7) is 7.38. The highest BCUT2D eigenvalue weighted by Crippen LogP contribution is 2.27. The summed E-state index contributed by atoms with van der Waals surface area (Å²) in [7, 11) is -3.55. The first kappa shape index (κ1) is 15.5. The van der Waals surface area contributed by atoms with Gasteiger partial charge in [-0.2, -0.15) is 0 Å². The summed E-state index contributed by atoms with van der Waals surface area (Å²) in [5.74, 6) is 0. The number of nitrogens with one attached hydrogen (secondary N) is 1. The van der Waals surface area contributed by atoms with E-state index >= 15 is 0 Å². The highest BCUT2D eigenvalue weighted by molar-refractivity contribution is 9.10. The summed E-state index contributed by atoms with van der Waals surface area (Å²) in [6, 6.07) is 3.19. The summed E-state index contributed by atoms with van der Waals surface area (Å²) in [5.41, 5.74) is 6.34. The topological polar surface area (TPSA) is 72.2 Å². The van der Waals surface area contributed by atoms with E-state index in [2.05, 4.69) is 20.7 Å². The van der Waals surface area contributed by atoms with Gasteiger partial charge < -0.3 is 5.73 Å². The average Bonchev–Trinajstić information content (AvgIpc) is 2.21. The van der Waals surface area contributed by atoms with Gasteiger partial charge in [0.25, 0.3) is 0 Å². The standard InChI is InChI=1S/C12H19BrN2O2S/c1-5-12(3,4)15-18(16,17)11-7-10(14)9(13)6-8(11)2/h6-7,15H,5,14H2,1-4H3. The zero-order valence-electron chi connectivity index (χ0n) is 11.0. The lowest BCUT2D eigenvalue weighted by Crippen LogP contribution is -2.42. The molecule has 0 fully saturated rings. The molecule has 4 nitrogen and oxygen atoms in total. The largest absolute Gasteiger partial charge is 0.398 e. The third kappa shape index (κ3) is 3.46. The molecule has 0 unspecified atom stereocenters. The molecule has 1 rings (SSSR count). The number of nitrogen functional groups attached to an aromatic ring is 1. The van der Waals surface area contributed by atoms with E-state index in [0.29, 0.717) is 22.1 Å². The molecule has 0 aromatic heterocycles. The van der Waals surface area contributed by atoms with Crippen LogP contribution in [0, 0.1) is 6.92 Å². The third-order valence-electron chi connectivity index (χ3n) is 2.88. The van der Waals surface area contributed by atoms with Crippen molar-refractivity contribution < 1.29 is 8.42 Å². The van der Waals surface area contributed by atoms with Crippen molar-refractivity contribution in [1.82, 2.24) is 4.72 Å². The number of hydrogen-bond acceptors (Lipinski definition) is 3. The first-order valence-corrected chi connectivity index (χ1v) is 7.96. The normalized spacial score (nSPS) is 12.7. The van der Waals surface area contributed by atoms with Crippen LogP contribution in [0.3, 0.4) is 0 Å². The molecule has 18 heavy (non-hydrogen) atoms. The fraction of sp³-hybridized carbons (Fsp3) is 0.500. The number of sulfonamides is 1. The van der Waals surface area contributed by atoms with Crippen LogP contribution < -0.4 is 10.5 Å². The molecular weight excluding hydrogens is 316 g/mol. The highest BCUT2D eigenvalue weighted by Gasteiger charge is 2.26. The lowest BCUT2D eigenvalue weighted by atomic mass is 10.0. The molecule has 6 heteroatoms. The van der Waals surface area contributed by atoms with E-state index in [1.165, 1.54) is 6.07 Å². The van der Waals surface area contributed by atoms with Gasteiger partial charge in [0, 0.05) is 15.7 Å². The maximum Gasteiger partial charge on any atom is 0.241 e. The van der Waals surface area contributed by atoms with Crippen molar-refractivity contribution in [3.8, 4) is 0 Å². The molecule has 0 amide bonds. The Morgan fingerprint density at radius 3 is 2.44 bits per heavy atom. The van der Waals surface area contributed by atoms with E-state index in [-0.39, 0.29) is 4.90 Å². The molecule has 1 aromatic carbocycles. The average molecular weight is 335 g/mol. The van der Waals surface area contributed by atoms with Gasteiger partial charge in [-0.25, -0.2) is 13.1 Å². The van der Waals surface area contributed by atoms with Crippen molar-refractivity contribution in [2.75, 3.05) is 5.73 Å². The molecule has 0 saturated heterocycles. The van der Waals surface area contributed by atoms with Gasteiger partial charge in [-0.15, -0.1) is 0 Å². The van der Waals surface area contributed by atoms with E-state index in [0.717, 1.165) is 0 Å². The fourth-order valence-electron chi connectivity index (χ4n) is 1.45. The third-order valence-corrected chi connectivity index (χ3v) is 5.41. The molecule has 0 heterocycles. The van der Waals surface area contributed by atoms with Crippen LogP contribution in [0.25, 0.3) is 0 Å². The van der Waals surface area contributed by atoms with Crippen LogP contribution in [0.2, 0.25) is 0 Å². The summed E-state index contributed by atoms with van der Waals surface area (Å²) in [5, 5.41) is 0. The van der Waals surface area contributed by atoms with Crippen LogP contribution in [0.15, 0.2) is 21.5 Å². The van der Waals surface area contributed by atoms with E-state index in [1.807, 2.05) is 20.8 Å². The second-order valence-electron chi connectivity index (χ2n) is 4.98. The van der Waals surface area contributed by atoms with Crippen molar-refractivity contribution in [1.29, 1.82) is 0 Å². The first-order chi connectivity index (χ1) is 8.09. The zero-order valence-corrected chi connectivity index (χ0v) is 13.4. The maximum atomic E-state index is 12.3. The number of hydrogen-bond donors (Lipinski definition) is 2. The van der Waals surface area contributed by atoms with Crippen molar-refractivity contribution >= 4 is 31.6 Å². The second-order valence-corrected chi connectivity index (χ2v) is 7.49. The molecule has 0 atom stereocenters. The van der Waals surface area contributed by atoms with Crippen molar-refractivity contribution in [2.45, 2.75) is 44.6 Å². The number of halogens is 1.